The van der Waals surface area contributed by atoms with Crippen molar-refractivity contribution in [1.82, 2.24) is 0 Å². The minimum atomic E-state index is -3.29. The maximum Gasteiger partial charge on any atom is 0.232 e. The number of anilines is 1. The third-order valence-corrected chi connectivity index (χ3v) is 4.88. The van der Waals surface area contributed by atoms with Gasteiger partial charge in [0.15, 0.2) is 5.78 Å². The smallest absolute Gasteiger partial charge is 0.232 e. The molecule has 0 saturated carbocycles. The molecule has 5 heteroatoms. The number of sulfonamides is 1. The van der Waals surface area contributed by atoms with Crippen LogP contribution in [0.2, 0.25) is 0 Å². The van der Waals surface area contributed by atoms with E-state index >= 15 is 0 Å². The van der Waals surface area contributed by atoms with E-state index in [2.05, 4.69) is 4.72 Å². The number of hydrogen-bond acceptors (Lipinski definition) is 3. The summed E-state index contributed by atoms with van der Waals surface area (Å²) in [6, 6.07) is 6.60. The summed E-state index contributed by atoms with van der Waals surface area (Å²) in [5.41, 5.74) is 0.697. The highest BCUT2D eigenvalue weighted by Crippen LogP contribution is 2.26. The highest BCUT2D eigenvalue weighted by Gasteiger charge is 2.26. The number of hydrogen-bond donors (Lipinski definition) is 1. The third-order valence-electron chi connectivity index (χ3n) is 3.39. The van der Waals surface area contributed by atoms with Crippen LogP contribution in [-0.4, -0.2) is 20.0 Å². The third kappa shape index (κ3) is 4.34. The predicted molar refractivity (Wildman–Crippen MR) is 82.5 cm³/mol. The van der Waals surface area contributed by atoms with Crippen molar-refractivity contribution in [3.8, 4) is 0 Å². The fourth-order valence-electron chi connectivity index (χ4n) is 1.74. The van der Waals surface area contributed by atoms with Crippen LogP contribution < -0.4 is 4.72 Å². The lowest BCUT2D eigenvalue weighted by atomic mass is 9.82. The van der Waals surface area contributed by atoms with E-state index in [4.69, 9.17) is 0 Å². The van der Waals surface area contributed by atoms with Gasteiger partial charge in [-0.1, -0.05) is 27.7 Å². The Morgan fingerprint density at radius 1 is 1.15 bits per heavy atom. The Morgan fingerprint density at radius 3 is 2.15 bits per heavy atom. The zero-order valence-corrected chi connectivity index (χ0v) is 13.4. The van der Waals surface area contributed by atoms with Crippen LogP contribution in [0.5, 0.6) is 0 Å². The fourth-order valence-corrected chi connectivity index (χ4v) is 2.87. The lowest BCUT2D eigenvalue weighted by Gasteiger charge is -2.20. The van der Waals surface area contributed by atoms with Crippen molar-refractivity contribution in [2.75, 3.05) is 10.5 Å². The van der Waals surface area contributed by atoms with Crippen LogP contribution in [0.4, 0.5) is 5.69 Å². The van der Waals surface area contributed by atoms with E-state index in [1.54, 1.807) is 24.3 Å². The molecular weight excluding hydrogens is 274 g/mol. The number of carbonyl (C=O) groups excluding carboxylic acids is 1. The summed E-state index contributed by atoms with van der Waals surface area (Å²) < 4.78 is 25.8. The van der Waals surface area contributed by atoms with E-state index in [-0.39, 0.29) is 11.5 Å². The van der Waals surface area contributed by atoms with E-state index in [0.717, 1.165) is 6.42 Å². The summed E-state index contributed by atoms with van der Waals surface area (Å²) in [6.45, 7) is 7.61. The van der Waals surface area contributed by atoms with Gasteiger partial charge in [0.25, 0.3) is 0 Å². The number of rotatable bonds is 7. The summed E-state index contributed by atoms with van der Waals surface area (Å²) in [7, 11) is -3.29. The second-order valence-corrected chi connectivity index (χ2v) is 7.41. The Bertz CT molecular complexity index is 559. The number of ketones is 1. The first kappa shape index (κ1) is 16.7. The molecule has 0 aromatic heterocycles. The molecule has 0 unspecified atom stereocenters. The molecule has 0 bridgehead atoms. The molecule has 0 radical (unpaired) electrons. The van der Waals surface area contributed by atoms with Crippen LogP contribution in [0, 0.1) is 5.41 Å². The van der Waals surface area contributed by atoms with E-state index in [9.17, 15) is 13.2 Å². The molecule has 112 valence electrons. The number of Topliss-reactive ketones (excluding diaryl/α,β-unsaturated/α-hetero) is 1. The number of benzene rings is 1. The van der Waals surface area contributed by atoms with Gasteiger partial charge in [-0.15, -0.1) is 0 Å². The second kappa shape index (κ2) is 6.39. The average molecular weight is 297 g/mol. The van der Waals surface area contributed by atoms with Gasteiger partial charge in [-0.2, -0.15) is 0 Å². The Hall–Kier alpha value is -1.36. The maximum absolute atomic E-state index is 12.3. The summed E-state index contributed by atoms with van der Waals surface area (Å²) in [6.07, 6.45) is 1.33. The molecule has 20 heavy (non-hydrogen) atoms. The minimum absolute atomic E-state index is 0.0722. The zero-order chi connectivity index (χ0) is 15.4. The molecule has 1 aromatic rings. The molecule has 0 amide bonds. The molecule has 0 spiro atoms. The molecule has 0 atom stereocenters. The van der Waals surface area contributed by atoms with Gasteiger partial charge < -0.3 is 0 Å². The van der Waals surface area contributed by atoms with Crippen molar-refractivity contribution in [3.05, 3.63) is 29.8 Å². The predicted octanol–water partition coefficient (Wildman–Crippen LogP) is 3.46. The van der Waals surface area contributed by atoms with Crippen molar-refractivity contribution in [2.45, 2.75) is 40.5 Å². The van der Waals surface area contributed by atoms with Crippen molar-refractivity contribution < 1.29 is 13.2 Å². The van der Waals surface area contributed by atoms with Gasteiger partial charge in [0.05, 0.1) is 5.75 Å². The molecular formula is C15H23NO3S. The first-order valence-electron chi connectivity index (χ1n) is 6.87. The molecule has 1 N–H and O–H groups in total. The Labute approximate surface area is 121 Å². The van der Waals surface area contributed by atoms with Crippen LogP contribution in [0.15, 0.2) is 24.3 Å². The molecule has 0 fully saturated rings. The van der Waals surface area contributed by atoms with E-state index < -0.39 is 15.4 Å². The molecule has 1 rings (SSSR count). The number of nitrogens with one attached hydrogen (secondary N) is 1. The molecule has 0 heterocycles. The average Bonchev–Trinajstić information content (AvgIpc) is 2.38. The summed E-state index contributed by atoms with van der Waals surface area (Å²) >= 11 is 0. The number of carbonyl (C=O) groups is 1. The molecule has 0 aliphatic carbocycles. The Kier molecular flexibility index (Phi) is 5.34. The standard InChI is InChI=1S/C15H23NO3S/c1-5-11-20(18,19)16-13-9-7-12(8-10-13)14(17)15(3,4)6-2/h7-10,16H,5-6,11H2,1-4H3. The van der Waals surface area contributed by atoms with E-state index in [1.807, 2.05) is 27.7 Å². The maximum atomic E-state index is 12.3. The minimum Gasteiger partial charge on any atom is -0.294 e. The highest BCUT2D eigenvalue weighted by molar-refractivity contribution is 7.92. The monoisotopic (exact) mass is 297 g/mol. The van der Waals surface area contributed by atoms with Gasteiger partial charge in [-0.3, -0.25) is 9.52 Å². The Morgan fingerprint density at radius 2 is 1.70 bits per heavy atom. The molecule has 1 aromatic carbocycles. The highest BCUT2D eigenvalue weighted by atomic mass is 32.2. The quantitative estimate of drug-likeness (QED) is 0.784. The first-order chi connectivity index (χ1) is 9.22. The van der Waals surface area contributed by atoms with Crippen LogP contribution in [0.3, 0.4) is 0 Å². The van der Waals surface area contributed by atoms with E-state index in [1.165, 1.54) is 0 Å². The fraction of sp³-hybridized carbons (Fsp3) is 0.533. The van der Waals surface area contributed by atoms with Crippen LogP contribution in [-0.2, 0) is 10.0 Å². The van der Waals surface area contributed by atoms with Crippen LogP contribution in [0.25, 0.3) is 0 Å². The molecule has 4 nitrogen and oxygen atoms in total. The normalized spacial score (nSPS) is 12.2. The zero-order valence-electron chi connectivity index (χ0n) is 12.6. The van der Waals surface area contributed by atoms with Gasteiger partial charge in [0, 0.05) is 16.7 Å². The Balaban J connectivity index is 2.88. The molecule has 0 aliphatic rings. The van der Waals surface area contributed by atoms with Gasteiger partial charge in [-0.25, -0.2) is 8.42 Å². The SMILES string of the molecule is CCCS(=O)(=O)Nc1ccc(C(=O)C(C)(C)CC)cc1. The first-order valence-corrected chi connectivity index (χ1v) is 8.52. The lowest BCUT2D eigenvalue weighted by molar-refractivity contribution is 0.0833. The molecule has 0 saturated heterocycles. The van der Waals surface area contributed by atoms with Crippen molar-refractivity contribution in [3.63, 3.8) is 0 Å². The summed E-state index contributed by atoms with van der Waals surface area (Å²) in [4.78, 5) is 12.3. The van der Waals surface area contributed by atoms with E-state index in [0.29, 0.717) is 17.7 Å². The summed E-state index contributed by atoms with van der Waals surface area (Å²) in [5, 5.41) is 0. The van der Waals surface area contributed by atoms with Gasteiger partial charge in [-0.05, 0) is 37.1 Å². The van der Waals surface area contributed by atoms with Crippen molar-refractivity contribution in [2.24, 2.45) is 5.41 Å². The van der Waals surface area contributed by atoms with Gasteiger partial charge in [0.1, 0.15) is 0 Å². The van der Waals surface area contributed by atoms with Gasteiger partial charge >= 0.3 is 0 Å². The lowest BCUT2D eigenvalue weighted by Crippen LogP contribution is -2.23. The van der Waals surface area contributed by atoms with Crippen molar-refractivity contribution in [1.29, 1.82) is 0 Å². The van der Waals surface area contributed by atoms with Gasteiger partial charge in [0.2, 0.25) is 10.0 Å². The molecule has 0 aliphatic heterocycles. The van der Waals surface area contributed by atoms with Crippen LogP contribution in [0.1, 0.15) is 50.9 Å². The topological polar surface area (TPSA) is 63.2 Å². The van der Waals surface area contributed by atoms with Crippen molar-refractivity contribution >= 4 is 21.5 Å². The second-order valence-electron chi connectivity index (χ2n) is 5.56. The van der Waals surface area contributed by atoms with Crippen LogP contribution >= 0.6 is 0 Å². The largest absolute Gasteiger partial charge is 0.294 e. The summed E-state index contributed by atoms with van der Waals surface area (Å²) in [5.74, 6) is 0.166.